The minimum atomic E-state index is -0.370. The van der Waals surface area contributed by atoms with Crippen LogP contribution in [0.1, 0.15) is 36.8 Å². The SMILES string of the molecule is COc1ccc(OC)c(C2CC(c3cccs3)=NN2C(=O)CN(CCN2CCOCC2)C(=O)C(C)C)c1. The summed E-state index contributed by atoms with van der Waals surface area (Å²) in [5, 5.41) is 8.30. The van der Waals surface area contributed by atoms with Crippen LogP contribution < -0.4 is 9.47 Å². The summed E-state index contributed by atoms with van der Waals surface area (Å²) >= 11 is 1.59. The van der Waals surface area contributed by atoms with Gasteiger partial charge in [0.2, 0.25) is 5.91 Å². The number of rotatable bonds is 10. The Hall–Kier alpha value is -2.95. The van der Waals surface area contributed by atoms with Gasteiger partial charge in [-0.1, -0.05) is 19.9 Å². The van der Waals surface area contributed by atoms with E-state index in [1.54, 1.807) is 30.5 Å². The summed E-state index contributed by atoms with van der Waals surface area (Å²) in [6, 6.07) is 9.18. The summed E-state index contributed by atoms with van der Waals surface area (Å²) in [5.41, 5.74) is 1.66. The number of methoxy groups -OCH3 is 2. The van der Waals surface area contributed by atoms with Crippen LogP contribution in [-0.4, -0.2) is 92.5 Å². The van der Waals surface area contributed by atoms with Gasteiger partial charge in [0.25, 0.3) is 5.91 Å². The molecule has 1 unspecified atom stereocenters. The van der Waals surface area contributed by atoms with Gasteiger partial charge in [0.05, 0.1) is 44.1 Å². The molecule has 1 saturated heterocycles. The Morgan fingerprint density at radius 1 is 1.19 bits per heavy atom. The summed E-state index contributed by atoms with van der Waals surface area (Å²) in [5.74, 6) is 0.857. The predicted molar refractivity (Wildman–Crippen MR) is 143 cm³/mol. The molecule has 200 valence electrons. The largest absolute Gasteiger partial charge is 0.497 e. The molecule has 1 aromatic carbocycles. The van der Waals surface area contributed by atoms with E-state index < -0.39 is 0 Å². The van der Waals surface area contributed by atoms with E-state index in [2.05, 4.69) is 4.90 Å². The Kier molecular flexibility index (Phi) is 9.18. The molecule has 0 bridgehead atoms. The number of morpholine rings is 1. The van der Waals surface area contributed by atoms with Crippen LogP contribution >= 0.6 is 11.3 Å². The van der Waals surface area contributed by atoms with Crippen molar-refractivity contribution < 1.29 is 23.8 Å². The maximum Gasteiger partial charge on any atom is 0.262 e. The highest BCUT2D eigenvalue weighted by atomic mass is 32.1. The van der Waals surface area contributed by atoms with E-state index in [9.17, 15) is 9.59 Å². The topological polar surface area (TPSA) is 83.9 Å². The van der Waals surface area contributed by atoms with E-state index in [1.165, 1.54) is 5.01 Å². The Labute approximate surface area is 222 Å². The molecule has 4 rings (SSSR count). The number of benzene rings is 1. The second-order valence-electron chi connectivity index (χ2n) is 9.46. The highest BCUT2D eigenvalue weighted by molar-refractivity contribution is 7.12. The first-order valence-corrected chi connectivity index (χ1v) is 13.5. The Bertz CT molecular complexity index is 1100. The number of carbonyl (C=O) groups is 2. The molecule has 1 fully saturated rings. The van der Waals surface area contributed by atoms with Crippen LogP contribution in [0.15, 0.2) is 40.8 Å². The summed E-state index contributed by atoms with van der Waals surface area (Å²) in [4.78, 5) is 31.9. The van der Waals surface area contributed by atoms with Crippen LogP contribution in [0.2, 0.25) is 0 Å². The molecular formula is C27H36N4O5S. The molecule has 0 spiro atoms. The van der Waals surface area contributed by atoms with Gasteiger partial charge in [-0.25, -0.2) is 5.01 Å². The van der Waals surface area contributed by atoms with Gasteiger partial charge in [-0.2, -0.15) is 5.10 Å². The Balaban J connectivity index is 1.59. The highest BCUT2D eigenvalue weighted by Crippen LogP contribution is 2.39. The first-order valence-electron chi connectivity index (χ1n) is 12.7. The van der Waals surface area contributed by atoms with E-state index >= 15 is 0 Å². The number of nitrogens with zero attached hydrogens (tertiary/aromatic N) is 4. The first-order chi connectivity index (χ1) is 17.9. The smallest absolute Gasteiger partial charge is 0.262 e. The zero-order valence-corrected chi connectivity index (χ0v) is 22.8. The number of hydrogen-bond donors (Lipinski definition) is 0. The zero-order chi connectivity index (χ0) is 26.4. The standard InChI is InChI=1S/C27H36N4O5S/c1-19(2)27(33)30(10-9-29-11-13-36-14-12-29)18-26(32)31-23(17-22(28-31)25-6-5-15-37-25)21-16-20(34-3)7-8-24(21)35-4/h5-8,15-16,19,23H,9-14,17-18H2,1-4H3. The lowest BCUT2D eigenvalue weighted by molar-refractivity contribution is -0.143. The lowest BCUT2D eigenvalue weighted by Gasteiger charge is -2.32. The molecular weight excluding hydrogens is 492 g/mol. The minimum Gasteiger partial charge on any atom is -0.497 e. The third-order valence-electron chi connectivity index (χ3n) is 6.69. The fourth-order valence-corrected chi connectivity index (χ4v) is 5.35. The lowest BCUT2D eigenvalue weighted by atomic mass is 9.99. The number of hydrazone groups is 1. The fraction of sp³-hybridized carbons (Fsp3) is 0.519. The molecule has 37 heavy (non-hydrogen) atoms. The molecule has 0 saturated carbocycles. The fourth-order valence-electron chi connectivity index (χ4n) is 4.63. The summed E-state index contributed by atoms with van der Waals surface area (Å²) in [6.45, 7) is 7.90. The average Bonchev–Trinajstić information content (AvgIpc) is 3.61. The van der Waals surface area contributed by atoms with Gasteiger partial charge in [0, 0.05) is 44.1 Å². The van der Waals surface area contributed by atoms with Crippen LogP contribution in [0.5, 0.6) is 11.5 Å². The van der Waals surface area contributed by atoms with E-state index in [1.807, 2.05) is 49.6 Å². The quantitative estimate of drug-likeness (QED) is 0.471. The highest BCUT2D eigenvalue weighted by Gasteiger charge is 2.36. The molecule has 1 atom stereocenters. The lowest BCUT2D eigenvalue weighted by Crippen LogP contribution is -2.47. The number of carbonyl (C=O) groups excluding carboxylic acids is 2. The second-order valence-corrected chi connectivity index (χ2v) is 10.4. The number of hydrogen-bond acceptors (Lipinski definition) is 8. The average molecular weight is 529 g/mol. The molecule has 9 nitrogen and oxygen atoms in total. The normalized spacial score (nSPS) is 18.1. The van der Waals surface area contributed by atoms with Crippen molar-refractivity contribution in [3.63, 3.8) is 0 Å². The van der Waals surface area contributed by atoms with E-state index in [0.29, 0.717) is 44.2 Å². The van der Waals surface area contributed by atoms with Gasteiger partial charge in [0.15, 0.2) is 0 Å². The van der Waals surface area contributed by atoms with Crippen LogP contribution in [0.4, 0.5) is 0 Å². The molecule has 0 radical (unpaired) electrons. The van der Waals surface area contributed by atoms with Gasteiger partial charge in [0.1, 0.15) is 18.0 Å². The summed E-state index contributed by atoms with van der Waals surface area (Å²) in [7, 11) is 3.22. The molecule has 1 aromatic heterocycles. The molecule has 0 N–H and O–H groups in total. The van der Waals surface area contributed by atoms with Crippen molar-refractivity contribution >= 4 is 28.9 Å². The second kappa shape index (κ2) is 12.5. The molecule has 2 aromatic rings. The first kappa shape index (κ1) is 27.1. The van der Waals surface area contributed by atoms with Gasteiger partial charge < -0.3 is 19.1 Å². The van der Waals surface area contributed by atoms with Crippen molar-refractivity contribution in [3.05, 3.63) is 46.2 Å². The van der Waals surface area contributed by atoms with Crippen molar-refractivity contribution in [2.45, 2.75) is 26.3 Å². The molecule has 3 heterocycles. The summed E-state index contributed by atoms with van der Waals surface area (Å²) < 4.78 is 16.5. The van der Waals surface area contributed by atoms with Crippen LogP contribution in [-0.2, 0) is 14.3 Å². The zero-order valence-electron chi connectivity index (χ0n) is 22.0. The van der Waals surface area contributed by atoms with Crippen molar-refractivity contribution in [2.75, 3.05) is 60.2 Å². The van der Waals surface area contributed by atoms with Crippen molar-refractivity contribution in [1.82, 2.24) is 14.8 Å². The Morgan fingerprint density at radius 2 is 1.97 bits per heavy atom. The van der Waals surface area contributed by atoms with Crippen LogP contribution in [0.3, 0.4) is 0 Å². The number of amides is 2. The maximum absolute atomic E-state index is 13.8. The van der Waals surface area contributed by atoms with Crippen molar-refractivity contribution in [2.24, 2.45) is 11.0 Å². The third-order valence-corrected chi connectivity index (χ3v) is 7.61. The Morgan fingerprint density at radius 3 is 2.62 bits per heavy atom. The minimum absolute atomic E-state index is 0.0364. The summed E-state index contributed by atoms with van der Waals surface area (Å²) in [6.07, 6.45) is 0.543. The molecule has 2 aliphatic rings. The van der Waals surface area contributed by atoms with Crippen LogP contribution in [0, 0.1) is 5.92 Å². The van der Waals surface area contributed by atoms with Crippen molar-refractivity contribution in [3.8, 4) is 11.5 Å². The van der Waals surface area contributed by atoms with Gasteiger partial charge >= 0.3 is 0 Å². The van der Waals surface area contributed by atoms with Crippen molar-refractivity contribution in [1.29, 1.82) is 0 Å². The molecule has 0 aliphatic carbocycles. The molecule has 2 aliphatic heterocycles. The number of ether oxygens (including phenoxy) is 3. The van der Waals surface area contributed by atoms with Gasteiger partial charge in [-0.05, 0) is 29.6 Å². The van der Waals surface area contributed by atoms with Gasteiger partial charge in [-0.3, -0.25) is 14.5 Å². The van der Waals surface area contributed by atoms with E-state index in [-0.39, 0.29) is 30.3 Å². The maximum atomic E-state index is 13.8. The molecule has 2 amide bonds. The number of thiophene rings is 1. The molecule has 10 heteroatoms. The monoisotopic (exact) mass is 528 g/mol. The van der Waals surface area contributed by atoms with Gasteiger partial charge in [-0.15, -0.1) is 11.3 Å². The van der Waals surface area contributed by atoms with E-state index in [4.69, 9.17) is 19.3 Å². The predicted octanol–water partition coefficient (Wildman–Crippen LogP) is 3.26. The van der Waals surface area contributed by atoms with Crippen LogP contribution in [0.25, 0.3) is 0 Å². The van der Waals surface area contributed by atoms with E-state index in [0.717, 1.165) is 29.2 Å². The third kappa shape index (κ3) is 6.49.